The maximum absolute atomic E-state index is 13.1. The number of benzene rings is 3. The van der Waals surface area contributed by atoms with Crippen LogP contribution in [0.5, 0.6) is 0 Å². The van der Waals surface area contributed by atoms with Gasteiger partial charge in [-0.2, -0.15) is 0 Å². The Hall–Kier alpha value is -3.60. The van der Waals surface area contributed by atoms with Gasteiger partial charge >= 0.3 is 0 Å². The molecule has 146 valence electrons. The van der Waals surface area contributed by atoms with Crippen molar-refractivity contribution in [2.24, 2.45) is 0 Å². The zero-order chi connectivity index (χ0) is 20.1. The molecule has 1 heterocycles. The average Bonchev–Trinajstić information content (AvgIpc) is 2.80. The highest BCUT2D eigenvalue weighted by Gasteiger charge is 2.26. The first kappa shape index (κ1) is 18.7. The maximum Gasteiger partial charge on any atom is 0.256 e. The van der Waals surface area contributed by atoms with Crippen LogP contribution in [0.25, 0.3) is 0 Å². The fraction of sp³-hybridized carbons (Fsp3) is 0.167. The van der Waals surface area contributed by atoms with Crippen LogP contribution in [0.2, 0.25) is 0 Å². The zero-order valence-electron chi connectivity index (χ0n) is 16.1. The van der Waals surface area contributed by atoms with Gasteiger partial charge in [-0.05, 0) is 36.4 Å². The van der Waals surface area contributed by atoms with Crippen molar-refractivity contribution in [3.05, 3.63) is 96.1 Å². The molecule has 1 saturated heterocycles. The molecule has 0 spiro atoms. The van der Waals surface area contributed by atoms with Gasteiger partial charge in [0.15, 0.2) is 0 Å². The van der Waals surface area contributed by atoms with Gasteiger partial charge in [-0.1, -0.05) is 48.5 Å². The Balaban J connectivity index is 1.43. The molecule has 3 aromatic rings. The van der Waals surface area contributed by atoms with Gasteiger partial charge in [-0.15, -0.1) is 0 Å². The molecule has 0 saturated carbocycles. The Bertz CT molecular complexity index is 981. The smallest absolute Gasteiger partial charge is 0.256 e. The lowest BCUT2D eigenvalue weighted by Gasteiger charge is -2.35. The minimum Gasteiger partial charge on any atom is -0.355 e. The number of carbonyl (C=O) groups excluding carboxylic acids is 2. The van der Waals surface area contributed by atoms with Gasteiger partial charge in [0.25, 0.3) is 11.8 Å². The molecule has 1 aliphatic rings. The second-order valence-corrected chi connectivity index (χ2v) is 6.99. The quantitative estimate of drug-likeness (QED) is 0.738. The molecular weight excluding hydrogens is 362 g/mol. The summed E-state index contributed by atoms with van der Waals surface area (Å²) in [6, 6.07) is 26.6. The van der Waals surface area contributed by atoms with Gasteiger partial charge < -0.3 is 15.1 Å². The van der Waals surface area contributed by atoms with Crippen LogP contribution in [-0.4, -0.2) is 47.8 Å². The molecule has 3 aromatic carbocycles. The molecule has 0 atom stereocenters. The molecule has 0 bridgehead atoms. The van der Waals surface area contributed by atoms with E-state index in [-0.39, 0.29) is 11.8 Å². The van der Waals surface area contributed by atoms with Crippen molar-refractivity contribution < 1.29 is 9.59 Å². The van der Waals surface area contributed by atoms with Crippen LogP contribution in [0.3, 0.4) is 0 Å². The number of hydrogen-bond acceptors (Lipinski definition) is 3. The van der Waals surface area contributed by atoms with Crippen molar-refractivity contribution in [1.29, 1.82) is 0 Å². The summed E-state index contributed by atoms with van der Waals surface area (Å²) >= 11 is 0. The third-order valence-electron chi connectivity index (χ3n) is 5.09. The van der Waals surface area contributed by atoms with E-state index in [0.29, 0.717) is 37.3 Å². The second kappa shape index (κ2) is 8.61. The molecular formula is C24H23N3O2. The number of amides is 2. The molecule has 2 amide bonds. The topological polar surface area (TPSA) is 52.7 Å². The van der Waals surface area contributed by atoms with Crippen LogP contribution >= 0.6 is 0 Å². The zero-order valence-corrected chi connectivity index (χ0v) is 16.1. The van der Waals surface area contributed by atoms with E-state index in [1.165, 1.54) is 0 Å². The summed E-state index contributed by atoms with van der Waals surface area (Å²) in [4.78, 5) is 29.4. The van der Waals surface area contributed by atoms with E-state index in [1.54, 1.807) is 0 Å². The molecule has 1 fully saturated rings. The summed E-state index contributed by atoms with van der Waals surface area (Å²) in [5.41, 5.74) is 3.04. The number of anilines is 2. The van der Waals surface area contributed by atoms with Crippen LogP contribution in [0.1, 0.15) is 20.7 Å². The van der Waals surface area contributed by atoms with E-state index in [1.807, 2.05) is 94.7 Å². The Morgan fingerprint density at radius 1 is 0.621 bits per heavy atom. The van der Waals surface area contributed by atoms with Crippen LogP contribution in [0.15, 0.2) is 84.9 Å². The Morgan fingerprint density at radius 3 is 1.79 bits per heavy atom. The standard InChI is InChI=1S/C24H23N3O2/c28-23(19-9-3-1-4-10-19)26-15-17-27(18-16-26)24(29)21-13-7-8-14-22(21)25-20-11-5-2-6-12-20/h1-14,25H,15-18H2. The molecule has 0 radical (unpaired) electrons. The monoisotopic (exact) mass is 385 g/mol. The highest BCUT2D eigenvalue weighted by molar-refractivity contribution is 6.00. The van der Waals surface area contributed by atoms with Crippen LogP contribution < -0.4 is 5.32 Å². The van der Waals surface area contributed by atoms with Crippen molar-refractivity contribution in [2.75, 3.05) is 31.5 Å². The van der Waals surface area contributed by atoms with E-state index in [9.17, 15) is 9.59 Å². The summed E-state index contributed by atoms with van der Waals surface area (Å²) in [6.45, 7) is 2.12. The SMILES string of the molecule is O=C(c1ccccc1)N1CCN(C(=O)c2ccccc2Nc2ccccc2)CC1. The summed E-state index contributed by atoms with van der Waals surface area (Å²) in [5, 5.41) is 3.33. The van der Waals surface area contributed by atoms with Gasteiger partial charge in [-0.3, -0.25) is 9.59 Å². The number of piperazine rings is 1. The normalized spacial score (nSPS) is 13.8. The van der Waals surface area contributed by atoms with Crippen molar-refractivity contribution in [3.8, 4) is 0 Å². The van der Waals surface area contributed by atoms with Crippen molar-refractivity contribution in [1.82, 2.24) is 9.80 Å². The Kier molecular flexibility index (Phi) is 5.56. The van der Waals surface area contributed by atoms with Crippen molar-refractivity contribution in [2.45, 2.75) is 0 Å². The van der Waals surface area contributed by atoms with Crippen molar-refractivity contribution >= 4 is 23.2 Å². The summed E-state index contributed by atoms with van der Waals surface area (Å²) in [5.74, 6) is -0.000292. The fourth-order valence-corrected chi connectivity index (χ4v) is 3.50. The third-order valence-corrected chi connectivity index (χ3v) is 5.09. The minimum absolute atomic E-state index is 0.0174. The third kappa shape index (κ3) is 4.29. The largest absolute Gasteiger partial charge is 0.355 e. The van der Waals surface area contributed by atoms with Crippen LogP contribution in [-0.2, 0) is 0 Å². The lowest BCUT2D eigenvalue weighted by molar-refractivity contribution is 0.0536. The van der Waals surface area contributed by atoms with Crippen molar-refractivity contribution in [3.63, 3.8) is 0 Å². The van der Waals surface area contributed by atoms with E-state index in [0.717, 1.165) is 11.4 Å². The predicted octanol–water partition coefficient (Wildman–Crippen LogP) is 4.03. The molecule has 5 nitrogen and oxygen atoms in total. The minimum atomic E-state index is -0.0177. The van der Waals surface area contributed by atoms with Gasteiger partial charge in [0, 0.05) is 37.4 Å². The first-order valence-corrected chi connectivity index (χ1v) is 9.77. The molecule has 29 heavy (non-hydrogen) atoms. The first-order valence-electron chi connectivity index (χ1n) is 9.77. The maximum atomic E-state index is 13.1. The molecule has 0 aliphatic carbocycles. The highest BCUT2D eigenvalue weighted by Crippen LogP contribution is 2.23. The number of para-hydroxylation sites is 2. The lowest BCUT2D eigenvalue weighted by Crippen LogP contribution is -2.50. The number of nitrogens with one attached hydrogen (secondary N) is 1. The molecule has 5 heteroatoms. The van der Waals surface area contributed by atoms with Gasteiger partial charge in [0.2, 0.25) is 0 Å². The van der Waals surface area contributed by atoms with E-state index in [4.69, 9.17) is 0 Å². The summed E-state index contributed by atoms with van der Waals surface area (Å²) in [7, 11) is 0. The molecule has 0 aromatic heterocycles. The lowest BCUT2D eigenvalue weighted by atomic mass is 10.1. The van der Waals surface area contributed by atoms with Gasteiger partial charge in [0.1, 0.15) is 0 Å². The van der Waals surface area contributed by atoms with E-state index >= 15 is 0 Å². The number of rotatable bonds is 4. The Labute approximate surface area is 170 Å². The number of hydrogen-bond donors (Lipinski definition) is 1. The van der Waals surface area contributed by atoms with E-state index in [2.05, 4.69) is 5.32 Å². The molecule has 1 aliphatic heterocycles. The fourth-order valence-electron chi connectivity index (χ4n) is 3.50. The number of carbonyl (C=O) groups is 2. The van der Waals surface area contributed by atoms with Gasteiger partial charge in [-0.25, -0.2) is 0 Å². The summed E-state index contributed by atoms with van der Waals surface area (Å²) in [6.07, 6.45) is 0. The molecule has 4 rings (SSSR count). The molecule has 1 N–H and O–H groups in total. The second-order valence-electron chi connectivity index (χ2n) is 6.99. The Morgan fingerprint density at radius 2 is 1.14 bits per heavy atom. The predicted molar refractivity (Wildman–Crippen MR) is 114 cm³/mol. The van der Waals surface area contributed by atoms with E-state index < -0.39 is 0 Å². The summed E-state index contributed by atoms with van der Waals surface area (Å²) < 4.78 is 0. The number of nitrogens with zero attached hydrogens (tertiary/aromatic N) is 2. The van der Waals surface area contributed by atoms with Gasteiger partial charge in [0.05, 0.1) is 11.3 Å². The highest BCUT2D eigenvalue weighted by atomic mass is 16.2. The average molecular weight is 385 g/mol. The first-order chi connectivity index (χ1) is 14.2. The molecule has 0 unspecified atom stereocenters. The van der Waals surface area contributed by atoms with Crippen LogP contribution in [0, 0.1) is 0 Å². The van der Waals surface area contributed by atoms with Crippen LogP contribution in [0.4, 0.5) is 11.4 Å².